The van der Waals surface area contributed by atoms with Crippen LogP contribution in [0, 0.1) is 5.82 Å². The van der Waals surface area contributed by atoms with Gasteiger partial charge in [0.2, 0.25) is 15.9 Å². The number of sulfonamides is 1. The van der Waals surface area contributed by atoms with Crippen LogP contribution < -0.4 is 10.0 Å². The highest BCUT2D eigenvalue weighted by molar-refractivity contribution is 7.89. The van der Waals surface area contributed by atoms with Gasteiger partial charge in [-0.2, -0.15) is 0 Å². The maximum Gasteiger partial charge on any atom is 0.235 e. The van der Waals surface area contributed by atoms with E-state index in [1.54, 1.807) is 18.2 Å². The van der Waals surface area contributed by atoms with E-state index in [9.17, 15) is 17.6 Å². The van der Waals surface area contributed by atoms with Gasteiger partial charge in [-0.3, -0.25) is 9.69 Å². The lowest BCUT2D eigenvalue weighted by Gasteiger charge is -2.26. The smallest absolute Gasteiger partial charge is 0.235 e. The minimum absolute atomic E-state index is 0.0562. The molecular weight excluding hydrogens is 349 g/mol. The predicted octanol–water partition coefficient (Wildman–Crippen LogP) is -0.264. The number of nitrogens with zero attached hydrogens (tertiary/aromatic N) is 1. The van der Waals surface area contributed by atoms with Crippen molar-refractivity contribution in [3.63, 3.8) is 0 Å². The van der Waals surface area contributed by atoms with Gasteiger partial charge in [0.1, 0.15) is 5.82 Å². The molecule has 7 nitrogen and oxygen atoms in total. The average molecular weight is 373 g/mol. The van der Waals surface area contributed by atoms with Gasteiger partial charge in [-0.15, -0.1) is 0 Å². The Morgan fingerprint density at radius 2 is 1.96 bits per heavy atom. The number of rotatable bonds is 9. The lowest BCUT2D eigenvalue weighted by molar-refractivity contribution is -0.120. The molecule has 0 atom stereocenters. The second-order valence-electron chi connectivity index (χ2n) is 5.79. The number of aryl methyl sites for hydroxylation is 1. The third kappa shape index (κ3) is 7.47. The summed E-state index contributed by atoms with van der Waals surface area (Å²) in [6, 6.07) is 6.04. The number of amides is 1. The van der Waals surface area contributed by atoms with E-state index in [0.29, 0.717) is 31.9 Å². The maximum absolute atomic E-state index is 13.5. The summed E-state index contributed by atoms with van der Waals surface area (Å²) >= 11 is 0. The SMILES string of the molecule is O=C(CNS(=O)(=O)CCc1ccccc1F)NCCN1CCOCC1. The first kappa shape index (κ1) is 19.8. The average Bonchev–Trinajstić information content (AvgIpc) is 2.60. The van der Waals surface area contributed by atoms with Crippen LogP contribution in [0.3, 0.4) is 0 Å². The molecule has 1 aliphatic rings. The summed E-state index contributed by atoms with van der Waals surface area (Å²) in [5, 5.41) is 2.68. The zero-order chi connectivity index (χ0) is 18.1. The number of hydrogen-bond donors (Lipinski definition) is 2. The highest BCUT2D eigenvalue weighted by Crippen LogP contribution is 2.07. The molecular formula is C16H24FN3O4S. The second kappa shape index (κ2) is 9.81. The third-order valence-corrected chi connectivity index (χ3v) is 5.23. The van der Waals surface area contributed by atoms with Crippen LogP contribution in [0.15, 0.2) is 24.3 Å². The van der Waals surface area contributed by atoms with E-state index < -0.39 is 15.8 Å². The molecule has 2 N–H and O–H groups in total. The molecule has 0 unspecified atom stereocenters. The third-order valence-electron chi connectivity index (χ3n) is 3.90. The number of benzene rings is 1. The zero-order valence-corrected chi connectivity index (χ0v) is 14.9. The normalized spacial score (nSPS) is 15.9. The van der Waals surface area contributed by atoms with Gasteiger partial charge in [-0.1, -0.05) is 18.2 Å². The molecule has 1 heterocycles. The maximum atomic E-state index is 13.5. The monoisotopic (exact) mass is 373 g/mol. The van der Waals surface area contributed by atoms with Crippen molar-refractivity contribution in [3.05, 3.63) is 35.6 Å². The molecule has 0 bridgehead atoms. The Balaban J connectivity index is 1.64. The lowest BCUT2D eigenvalue weighted by atomic mass is 10.2. The summed E-state index contributed by atoms with van der Waals surface area (Å²) in [5.41, 5.74) is 0.336. The first-order chi connectivity index (χ1) is 12.0. The number of hydrogen-bond acceptors (Lipinski definition) is 5. The lowest BCUT2D eigenvalue weighted by Crippen LogP contribution is -2.43. The van der Waals surface area contributed by atoms with Crippen LogP contribution in [0.4, 0.5) is 4.39 Å². The first-order valence-corrected chi connectivity index (χ1v) is 9.89. The molecule has 140 valence electrons. The Morgan fingerprint density at radius 1 is 1.24 bits per heavy atom. The van der Waals surface area contributed by atoms with E-state index in [2.05, 4.69) is 14.9 Å². The number of nitrogens with one attached hydrogen (secondary N) is 2. The number of morpholine rings is 1. The van der Waals surface area contributed by atoms with Crippen LogP contribution in [-0.4, -0.2) is 70.9 Å². The number of carbonyl (C=O) groups is 1. The van der Waals surface area contributed by atoms with Gasteiger partial charge in [0.15, 0.2) is 0 Å². The van der Waals surface area contributed by atoms with E-state index in [1.165, 1.54) is 6.07 Å². The molecule has 9 heteroatoms. The van der Waals surface area contributed by atoms with Crippen LogP contribution in [0.25, 0.3) is 0 Å². The fourth-order valence-corrected chi connectivity index (χ4v) is 3.42. The van der Waals surface area contributed by atoms with Gasteiger partial charge in [0.05, 0.1) is 25.5 Å². The summed E-state index contributed by atoms with van der Waals surface area (Å²) in [7, 11) is -3.64. The van der Waals surface area contributed by atoms with Crippen molar-refractivity contribution in [3.8, 4) is 0 Å². The van der Waals surface area contributed by atoms with Gasteiger partial charge in [-0.05, 0) is 18.1 Å². The van der Waals surface area contributed by atoms with Gasteiger partial charge in [0.25, 0.3) is 0 Å². The molecule has 0 aliphatic carbocycles. The zero-order valence-electron chi connectivity index (χ0n) is 14.0. The fraction of sp³-hybridized carbons (Fsp3) is 0.562. The van der Waals surface area contributed by atoms with Crippen molar-refractivity contribution in [2.24, 2.45) is 0 Å². The largest absolute Gasteiger partial charge is 0.379 e. The van der Waals surface area contributed by atoms with Crippen LogP contribution >= 0.6 is 0 Å². The molecule has 1 amide bonds. The molecule has 1 aromatic rings. The van der Waals surface area contributed by atoms with Gasteiger partial charge in [0, 0.05) is 26.2 Å². The Morgan fingerprint density at radius 3 is 2.68 bits per heavy atom. The van der Waals surface area contributed by atoms with Gasteiger partial charge >= 0.3 is 0 Å². The van der Waals surface area contributed by atoms with E-state index in [0.717, 1.165) is 13.1 Å². The molecule has 1 fully saturated rings. The fourth-order valence-electron chi connectivity index (χ4n) is 2.43. The highest BCUT2D eigenvalue weighted by Gasteiger charge is 2.14. The van der Waals surface area contributed by atoms with Crippen molar-refractivity contribution in [2.75, 3.05) is 51.7 Å². The standard InChI is InChI=1S/C16H24FN3O4S/c17-15-4-2-1-3-14(15)5-12-25(22,23)19-13-16(21)18-6-7-20-8-10-24-11-9-20/h1-4,19H,5-13H2,(H,18,21). The molecule has 0 radical (unpaired) electrons. The molecule has 1 saturated heterocycles. The summed E-state index contributed by atoms with van der Waals surface area (Å²) in [6.45, 7) is 3.89. The summed E-state index contributed by atoms with van der Waals surface area (Å²) in [5.74, 6) is -1.09. The van der Waals surface area contributed by atoms with E-state index >= 15 is 0 Å². The first-order valence-electron chi connectivity index (χ1n) is 8.24. The second-order valence-corrected chi connectivity index (χ2v) is 7.71. The van der Waals surface area contributed by atoms with Crippen molar-refractivity contribution in [1.82, 2.24) is 14.9 Å². The molecule has 0 spiro atoms. The van der Waals surface area contributed by atoms with Crippen LogP contribution in [-0.2, 0) is 26.0 Å². The molecule has 25 heavy (non-hydrogen) atoms. The van der Waals surface area contributed by atoms with E-state index in [-0.39, 0.29) is 24.6 Å². The quantitative estimate of drug-likeness (QED) is 0.623. The Labute approximate surface area is 147 Å². The van der Waals surface area contributed by atoms with Crippen LogP contribution in [0.5, 0.6) is 0 Å². The number of halogens is 1. The van der Waals surface area contributed by atoms with Gasteiger partial charge < -0.3 is 10.1 Å². The molecule has 0 aromatic heterocycles. The minimum Gasteiger partial charge on any atom is -0.379 e. The molecule has 2 rings (SSSR count). The summed E-state index contributed by atoms with van der Waals surface area (Å²) < 4.78 is 44.8. The van der Waals surface area contributed by atoms with Crippen LogP contribution in [0.2, 0.25) is 0 Å². The molecule has 1 aliphatic heterocycles. The van der Waals surface area contributed by atoms with E-state index in [1.807, 2.05) is 0 Å². The van der Waals surface area contributed by atoms with E-state index in [4.69, 9.17) is 4.74 Å². The molecule has 1 aromatic carbocycles. The predicted molar refractivity (Wildman–Crippen MR) is 92.2 cm³/mol. The summed E-state index contributed by atoms with van der Waals surface area (Å²) in [4.78, 5) is 13.9. The van der Waals surface area contributed by atoms with Gasteiger partial charge in [-0.25, -0.2) is 17.5 Å². The summed E-state index contributed by atoms with van der Waals surface area (Å²) in [6.07, 6.45) is 0.0562. The minimum atomic E-state index is -3.64. The molecule has 0 saturated carbocycles. The van der Waals surface area contributed by atoms with Crippen molar-refractivity contribution < 1.29 is 22.3 Å². The van der Waals surface area contributed by atoms with Crippen LogP contribution in [0.1, 0.15) is 5.56 Å². The highest BCUT2D eigenvalue weighted by atomic mass is 32.2. The van der Waals surface area contributed by atoms with Crippen molar-refractivity contribution >= 4 is 15.9 Å². The van der Waals surface area contributed by atoms with Crippen molar-refractivity contribution in [2.45, 2.75) is 6.42 Å². The Kier molecular flexibility index (Phi) is 7.76. The number of carbonyl (C=O) groups excluding carboxylic acids is 1. The van der Waals surface area contributed by atoms with Crippen molar-refractivity contribution in [1.29, 1.82) is 0 Å². The number of ether oxygens (including phenoxy) is 1. The topological polar surface area (TPSA) is 87.7 Å². The Bertz CT molecular complexity index is 663. The Hall–Kier alpha value is -1.55.